The average molecular weight is 281 g/mol. The fourth-order valence-electron chi connectivity index (χ4n) is 2.90. The van der Waals surface area contributed by atoms with Crippen molar-refractivity contribution >= 4 is 11.5 Å². The summed E-state index contributed by atoms with van der Waals surface area (Å²) in [6.45, 7) is 5.34. The molecule has 1 aromatic carbocycles. The molecule has 0 unspecified atom stereocenters. The van der Waals surface area contributed by atoms with Gasteiger partial charge in [0.15, 0.2) is 0 Å². The Kier molecular flexibility index (Phi) is 4.39. The molecule has 0 bridgehead atoms. The molecular formula is C18H23N3. The van der Waals surface area contributed by atoms with Crippen LogP contribution in [0.3, 0.4) is 0 Å². The molecule has 1 aliphatic rings. The van der Waals surface area contributed by atoms with Crippen molar-refractivity contribution in [3.63, 3.8) is 0 Å². The lowest BCUT2D eigenvalue weighted by atomic mass is 10.1. The summed E-state index contributed by atoms with van der Waals surface area (Å²) in [6.07, 6.45) is 5.59. The predicted molar refractivity (Wildman–Crippen MR) is 88.8 cm³/mol. The standard InChI is InChI=1S/C18H23N3/c1-2-15-7-3-4-8-16(15)13-19-17-9-10-18(20-14-17)21-11-5-6-12-21/h3-4,7-10,14,19H,2,5-6,11-13H2,1H3. The third-order valence-electron chi connectivity index (χ3n) is 4.16. The average Bonchev–Trinajstić information content (AvgIpc) is 3.08. The summed E-state index contributed by atoms with van der Waals surface area (Å²) >= 11 is 0. The SMILES string of the molecule is CCc1ccccc1CNc1ccc(N2CCCC2)nc1. The van der Waals surface area contributed by atoms with Gasteiger partial charge >= 0.3 is 0 Å². The van der Waals surface area contributed by atoms with Gasteiger partial charge in [0, 0.05) is 19.6 Å². The van der Waals surface area contributed by atoms with Gasteiger partial charge in [0.1, 0.15) is 5.82 Å². The predicted octanol–water partition coefficient (Wildman–Crippen LogP) is 3.86. The third kappa shape index (κ3) is 3.35. The minimum Gasteiger partial charge on any atom is -0.380 e. The maximum Gasteiger partial charge on any atom is 0.128 e. The van der Waals surface area contributed by atoms with Gasteiger partial charge in [-0.05, 0) is 42.5 Å². The maximum atomic E-state index is 4.58. The molecule has 1 aromatic heterocycles. The molecule has 0 aliphatic carbocycles. The number of nitrogens with one attached hydrogen (secondary N) is 1. The molecule has 0 radical (unpaired) electrons. The molecule has 0 amide bonds. The number of hydrogen-bond acceptors (Lipinski definition) is 3. The Balaban J connectivity index is 1.62. The molecule has 3 heteroatoms. The van der Waals surface area contributed by atoms with E-state index in [-0.39, 0.29) is 0 Å². The summed E-state index contributed by atoms with van der Waals surface area (Å²) in [4.78, 5) is 6.94. The van der Waals surface area contributed by atoms with Gasteiger partial charge in [0.2, 0.25) is 0 Å². The molecule has 1 aliphatic heterocycles. The lowest BCUT2D eigenvalue weighted by molar-refractivity contribution is 0.937. The van der Waals surface area contributed by atoms with Crippen LogP contribution < -0.4 is 10.2 Å². The van der Waals surface area contributed by atoms with E-state index in [1.807, 2.05) is 6.20 Å². The summed E-state index contributed by atoms with van der Waals surface area (Å²) in [5, 5.41) is 3.47. The molecule has 2 aromatic rings. The van der Waals surface area contributed by atoms with Crippen LogP contribution in [-0.2, 0) is 13.0 Å². The zero-order valence-corrected chi connectivity index (χ0v) is 12.7. The number of nitrogens with zero attached hydrogens (tertiary/aromatic N) is 2. The van der Waals surface area contributed by atoms with E-state index in [2.05, 4.69) is 58.5 Å². The highest BCUT2D eigenvalue weighted by Gasteiger charge is 2.12. The van der Waals surface area contributed by atoms with Crippen molar-refractivity contribution in [2.24, 2.45) is 0 Å². The molecule has 21 heavy (non-hydrogen) atoms. The molecule has 1 fully saturated rings. The van der Waals surface area contributed by atoms with Crippen molar-refractivity contribution in [2.75, 3.05) is 23.3 Å². The van der Waals surface area contributed by atoms with Crippen LogP contribution in [0.2, 0.25) is 0 Å². The van der Waals surface area contributed by atoms with Crippen molar-refractivity contribution in [1.82, 2.24) is 4.98 Å². The fourth-order valence-corrected chi connectivity index (χ4v) is 2.90. The van der Waals surface area contributed by atoms with E-state index in [0.29, 0.717) is 0 Å². The highest BCUT2D eigenvalue weighted by atomic mass is 15.2. The van der Waals surface area contributed by atoms with Crippen molar-refractivity contribution in [2.45, 2.75) is 32.7 Å². The molecule has 0 atom stereocenters. The van der Waals surface area contributed by atoms with E-state index >= 15 is 0 Å². The van der Waals surface area contributed by atoms with E-state index in [1.165, 1.54) is 24.0 Å². The quantitative estimate of drug-likeness (QED) is 0.902. The molecule has 0 spiro atoms. The van der Waals surface area contributed by atoms with Crippen LogP contribution in [0.4, 0.5) is 11.5 Å². The Morgan fingerprint density at radius 2 is 1.81 bits per heavy atom. The largest absolute Gasteiger partial charge is 0.380 e. The van der Waals surface area contributed by atoms with E-state index in [0.717, 1.165) is 37.6 Å². The number of hydrogen-bond donors (Lipinski definition) is 1. The van der Waals surface area contributed by atoms with Crippen molar-refractivity contribution in [3.05, 3.63) is 53.7 Å². The van der Waals surface area contributed by atoms with Gasteiger partial charge in [-0.3, -0.25) is 0 Å². The lowest BCUT2D eigenvalue weighted by Crippen LogP contribution is -2.18. The summed E-state index contributed by atoms with van der Waals surface area (Å²) in [6, 6.07) is 12.9. The van der Waals surface area contributed by atoms with Gasteiger partial charge in [-0.15, -0.1) is 0 Å². The number of rotatable bonds is 5. The van der Waals surface area contributed by atoms with E-state index in [4.69, 9.17) is 0 Å². The number of pyridine rings is 1. The minimum absolute atomic E-state index is 0.856. The lowest BCUT2D eigenvalue weighted by Gasteiger charge is -2.16. The number of aromatic nitrogens is 1. The first-order valence-electron chi connectivity index (χ1n) is 7.88. The number of aryl methyl sites for hydroxylation is 1. The number of benzene rings is 1. The molecule has 3 nitrogen and oxygen atoms in total. The highest BCUT2D eigenvalue weighted by molar-refractivity contribution is 5.49. The van der Waals surface area contributed by atoms with Crippen LogP contribution in [0.5, 0.6) is 0 Å². The van der Waals surface area contributed by atoms with E-state index < -0.39 is 0 Å². The zero-order valence-electron chi connectivity index (χ0n) is 12.7. The third-order valence-corrected chi connectivity index (χ3v) is 4.16. The van der Waals surface area contributed by atoms with Crippen LogP contribution in [0.15, 0.2) is 42.6 Å². The Hall–Kier alpha value is -2.03. The topological polar surface area (TPSA) is 28.2 Å². The Morgan fingerprint density at radius 1 is 1.05 bits per heavy atom. The molecule has 1 saturated heterocycles. The second-order valence-corrected chi connectivity index (χ2v) is 5.58. The summed E-state index contributed by atoms with van der Waals surface area (Å²) < 4.78 is 0. The van der Waals surface area contributed by atoms with Gasteiger partial charge in [0.05, 0.1) is 11.9 Å². The first-order valence-corrected chi connectivity index (χ1v) is 7.88. The van der Waals surface area contributed by atoms with Crippen LogP contribution in [-0.4, -0.2) is 18.1 Å². The van der Waals surface area contributed by atoms with Gasteiger partial charge in [-0.2, -0.15) is 0 Å². The second-order valence-electron chi connectivity index (χ2n) is 5.58. The van der Waals surface area contributed by atoms with E-state index in [9.17, 15) is 0 Å². The monoisotopic (exact) mass is 281 g/mol. The van der Waals surface area contributed by atoms with Crippen LogP contribution in [0.1, 0.15) is 30.9 Å². The molecule has 1 N–H and O–H groups in total. The molecule has 3 rings (SSSR count). The normalized spacial score (nSPS) is 14.4. The van der Waals surface area contributed by atoms with Crippen molar-refractivity contribution in [3.8, 4) is 0 Å². The first kappa shape index (κ1) is 13.9. The van der Waals surface area contributed by atoms with Crippen molar-refractivity contribution < 1.29 is 0 Å². The summed E-state index contributed by atoms with van der Waals surface area (Å²) in [5.74, 6) is 1.10. The Morgan fingerprint density at radius 3 is 2.48 bits per heavy atom. The minimum atomic E-state index is 0.856. The van der Waals surface area contributed by atoms with Crippen LogP contribution in [0.25, 0.3) is 0 Å². The molecule has 0 saturated carbocycles. The molecule has 110 valence electrons. The molecular weight excluding hydrogens is 258 g/mol. The van der Waals surface area contributed by atoms with Gasteiger partial charge in [-0.25, -0.2) is 4.98 Å². The molecule has 2 heterocycles. The fraction of sp³-hybridized carbons (Fsp3) is 0.389. The van der Waals surface area contributed by atoms with Gasteiger partial charge in [-0.1, -0.05) is 31.2 Å². The number of anilines is 2. The Labute approximate surface area is 127 Å². The van der Waals surface area contributed by atoms with E-state index in [1.54, 1.807) is 0 Å². The maximum absolute atomic E-state index is 4.58. The zero-order chi connectivity index (χ0) is 14.5. The second kappa shape index (κ2) is 6.61. The Bertz CT molecular complexity index is 571. The summed E-state index contributed by atoms with van der Waals surface area (Å²) in [5.41, 5.74) is 3.86. The van der Waals surface area contributed by atoms with Gasteiger partial charge < -0.3 is 10.2 Å². The van der Waals surface area contributed by atoms with Crippen molar-refractivity contribution in [1.29, 1.82) is 0 Å². The summed E-state index contributed by atoms with van der Waals surface area (Å²) in [7, 11) is 0. The first-order chi connectivity index (χ1) is 10.4. The van der Waals surface area contributed by atoms with Crippen LogP contribution >= 0.6 is 0 Å². The van der Waals surface area contributed by atoms with Crippen LogP contribution in [0, 0.1) is 0 Å². The highest BCUT2D eigenvalue weighted by Crippen LogP contribution is 2.19. The van der Waals surface area contributed by atoms with Gasteiger partial charge in [0.25, 0.3) is 0 Å². The smallest absolute Gasteiger partial charge is 0.128 e.